The predicted molar refractivity (Wildman–Crippen MR) is 69.7 cm³/mol. The fourth-order valence-electron chi connectivity index (χ4n) is 2.59. The van der Waals surface area contributed by atoms with Crippen molar-refractivity contribution in [2.45, 2.75) is 38.3 Å². The Morgan fingerprint density at radius 1 is 1.50 bits per heavy atom. The average molecular weight is 251 g/mol. The number of nitrogens with zero attached hydrogens (tertiary/aromatic N) is 3. The fourth-order valence-corrected chi connectivity index (χ4v) is 2.59. The Morgan fingerprint density at radius 2 is 2.22 bits per heavy atom. The zero-order chi connectivity index (χ0) is 13.0. The van der Waals surface area contributed by atoms with Crippen molar-refractivity contribution in [2.75, 3.05) is 18.8 Å². The van der Waals surface area contributed by atoms with Crippen LogP contribution in [0.5, 0.6) is 0 Å². The topological polar surface area (TPSA) is 90.2 Å². The molecule has 0 aliphatic heterocycles. The average Bonchev–Trinajstić information content (AvgIpc) is 2.94. The lowest BCUT2D eigenvalue weighted by Crippen LogP contribution is -2.41. The summed E-state index contributed by atoms with van der Waals surface area (Å²) in [7, 11) is 0. The molecule has 1 aliphatic rings. The highest BCUT2D eigenvalue weighted by molar-refractivity contribution is 5.75. The number of nitrogen functional groups attached to an aromatic ring is 1. The smallest absolute Gasteiger partial charge is 0.231 e. The molecule has 1 fully saturated rings. The first-order valence-electron chi connectivity index (χ1n) is 6.46. The monoisotopic (exact) mass is 251 g/mol. The highest BCUT2D eigenvalue weighted by Crippen LogP contribution is 2.23. The highest BCUT2D eigenvalue weighted by atomic mass is 16.1. The number of anilines is 1. The first-order chi connectivity index (χ1) is 8.65. The van der Waals surface area contributed by atoms with Crippen LogP contribution in [0.4, 0.5) is 5.82 Å². The van der Waals surface area contributed by atoms with E-state index >= 15 is 0 Å². The Hall–Kier alpha value is -1.56. The number of carbonyl (C=O) groups is 1. The van der Waals surface area contributed by atoms with E-state index in [-0.39, 0.29) is 5.91 Å². The van der Waals surface area contributed by atoms with E-state index in [1.807, 2.05) is 6.20 Å². The Bertz CT molecular complexity index is 397. The Labute approximate surface area is 107 Å². The van der Waals surface area contributed by atoms with Gasteiger partial charge in [-0.1, -0.05) is 12.8 Å². The summed E-state index contributed by atoms with van der Waals surface area (Å²) in [6, 6.07) is 2.26. The number of nitrogens with two attached hydrogens (primary N) is 2. The molecular weight excluding hydrogens is 230 g/mol. The molecule has 100 valence electrons. The van der Waals surface area contributed by atoms with Gasteiger partial charge in [0.05, 0.1) is 13.1 Å². The van der Waals surface area contributed by atoms with Gasteiger partial charge in [-0.15, -0.1) is 0 Å². The second kappa shape index (κ2) is 5.86. The van der Waals surface area contributed by atoms with Gasteiger partial charge in [0.2, 0.25) is 5.91 Å². The SMILES string of the molecule is NC(=O)CN(CCn1ccc(N)n1)C1CCCC1. The second-order valence-electron chi connectivity index (χ2n) is 4.88. The van der Waals surface area contributed by atoms with Crippen molar-refractivity contribution in [2.24, 2.45) is 5.73 Å². The number of carbonyl (C=O) groups excluding carboxylic acids is 1. The number of hydrogen-bond donors (Lipinski definition) is 2. The minimum Gasteiger partial charge on any atom is -0.382 e. The number of aromatic nitrogens is 2. The largest absolute Gasteiger partial charge is 0.382 e. The van der Waals surface area contributed by atoms with Crippen molar-refractivity contribution >= 4 is 11.7 Å². The Kier molecular flexibility index (Phi) is 4.19. The molecule has 0 aromatic carbocycles. The minimum absolute atomic E-state index is 0.262. The molecule has 1 saturated carbocycles. The maximum absolute atomic E-state index is 11.1. The van der Waals surface area contributed by atoms with E-state index in [2.05, 4.69) is 10.00 Å². The second-order valence-corrected chi connectivity index (χ2v) is 4.88. The third kappa shape index (κ3) is 3.46. The molecule has 1 heterocycles. The normalized spacial score (nSPS) is 16.5. The molecule has 1 aliphatic carbocycles. The van der Waals surface area contributed by atoms with Gasteiger partial charge in [-0.2, -0.15) is 5.10 Å². The molecule has 6 heteroatoms. The lowest BCUT2D eigenvalue weighted by molar-refractivity contribution is -0.119. The molecule has 1 aromatic heterocycles. The molecule has 0 unspecified atom stereocenters. The van der Waals surface area contributed by atoms with Crippen LogP contribution in [0.1, 0.15) is 25.7 Å². The van der Waals surface area contributed by atoms with Crippen LogP contribution >= 0.6 is 0 Å². The third-order valence-electron chi connectivity index (χ3n) is 3.48. The summed E-state index contributed by atoms with van der Waals surface area (Å²) >= 11 is 0. The van der Waals surface area contributed by atoms with Gasteiger partial charge >= 0.3 is 0 Å². The molecule has 6 nitrogen and oxygen atoms in total. The van der Waals surface area contributed by atoms with Gasteiger partial charge in [0.1, 0.15) is 5.82 Å². The predicted octanol–water partition coefficient (Wildman–Crippen LogP) is 0.195. The highest BCUT2D eigenvalue weighted by Gasteiger charge is 2.23. The number of primary amides is 1. The maximum Gasteiger partial charge on any atom is 0.231 e. The molecule has 2 rings (SSSR count). The molecule has 0 spiro atoms. The van der Waals surface area contributed by atoms with Gasteiger partial charge in [0, 0.05) is 18.8 Å². The summed E-state index contributed by atoms with van der Waals surface area (Å²) in [4.78, 5) is 13.3. The Morgan fingerprint density at radius 3 is 2.78 bits per heavy atom. The van der Waals surface area contributed by atoms with Crippen LogP contribution in [-0.2, 0) is 11.3 Å². The Balaban J connectivity index is 1.89. The van der Waals surface area contributed by atoms with E-state index in [0.29, 0.717) is 18.4 Å². The zero-order valence-electron chi connectivity index (χ0n) is 10.6. The standard InChI is InChI=1S/C12H21N5O/c13-11-5-6-17(15-11)8-7-16(9-12(14)18)10-3-1-2-4-10/h5-6,10H,1-4,7-9H2,(H2,13,15)(H2,14,18). The summed E-state index contributed by atoms with van der Waals surface area (Å²) in [5, 5.41) is 4.14. The van der Waals surface area contributed by atoms with Gasteiger partial charge in [-0.05, 0) is 18.9 Å². The van der Waals surface area contributed by atoms with Gasteiger partial charge in [-0.3, -0.25) is 14.4 Å². The van der Waals surface area contributed by atoms with Crippen LogP contribution in [0.3, 0.4) is 0 Å². The van der Waals surface area contributed by atoms with Gasteiger partial charge in [-0.25, -0.2) is 0 Å². The van der Waals surface area contributed by atoms with Crippen LogP contribution < -0.4 is 11.5 Å². The van der Waals surface area contributed by atoms with Crippen LogP contribution in [0.25, 0.3) is 0 Å². The number of amides is 1. The number of rotatable bonds is 6. The summed E-state index contributed by atoms with van der Waals surface area (Å²) in [5.41, 5.74) is 10.9. The molecule has 0 saturated heterocycles. The summed E-state index contributed by atoms with van der Waals surface area (Å²) in [6.45, 7) is 1.86. The van der Waals surface area contributed by atoms with Crippen molar-refractivity contribution in [3.05, 3.63) is 12.3 Å². The lowest BCUT2D eigenvalue weighted by atomic mass is 10.2. The molecule has 0 radical (unpaired) electrons. The first-order valence-corrected chi connectivity index (χ1v) is 6.46. The van der Waals surface area contributed by atoms with Crippen LogP contribution in [0, 0.1) is 0 Å². The van der Waals surface area contributed by atoms with Crippen molar-refractivity contribution in [3.8, 4) is 0 Å². The summed E-state index contributed by atoms with van der Waals surface area (Å²) in [6.07, 6.45) is 6.67. The molecule has 18 heavy (non-hydrogen) atoms. The van der Waals surface area contributed by atoms with E-state index in [1.54, 1.807) is 10.7 Å². The van der Waals surface area contributed by atoms with Gasteiger partial charge in [0.15, 0.2) is 0 Å². The molecule has 0 bridgehead atoms. The van der Waals surface area contributed by atoms with E-state index in [0.717, 1.165) is 25.9 Å². The fraction of sp³-hybridized carbons (Fsp3) is 0.667. The molecule has 1 aromatic rings. The van der Waals surface area contributed by atoms with Crippen molar-refractivity contribution in [3.63, 3.8) is 0 Å². The maximum atomic E-state index is 11.1. The van der Waals surface area contributed by atoms with Crippen molar-refractivity contribution < 1.29 is 4.79 Å². The first kappa shape index (κ1) is 12.9. The van der Waals surface area contributed by atoms with Gasteiger partial charge < -0.3 is 11.5 Å². The van der Waals surface area contributed by atoms with E-state index in [1.165, 1.54) is 12.8 Å². The van der Waals surface area contributed by atoms with Gasteiger partial charge in [0.25, 0.3) is 0 Å². The minimum atomic E-state index is -0.262. The zero-order valence-corrected chi connectivity index (χ0v) is 10.6. The number of hydrogen-bond acceptors (Lipinski definition) is 4. The summed E-state index contributed by atoms with van der Waals surface area (Å²) in [5.74, 6) is 0.263. The van der Waals surface area contributed by atoms with Crippen molar-refractivity contribution in [1.29, 1.82) is 0 Å². The van der Waals surface area contributed by atoms with Crippen LogP contribution in [-0.4, -0.2) is 39.7 Å². The quantitative estimate of drug-likeness (QED) is 0.755. The molecule has 0 atom stereocenters. The third-order valence-corrected chi connectivity index (χ3v) is 3.48. The van der Waals surface area contributed by atoms with Crippen LogP contribution in [0.2, 0.25) is 0 Å². The van der Waals surface area contributed by atoms with E-state index in [4.69, 9.17) is 11.5 Å². The van der Waals surface area contributed by atoms with Crippen molar-refractivity contribution in [1.82, 2.24) is 14.7 Å². The van der Waals surface area contributed by atoms with E-state index < -0.39 is 0 Å². The lowest BCUT2D eigenvalue weighted by Gasteiger charge is -2.27. The van der Waals surface area contributed by atoms with E-state index in [9.17, 15) is 4.79 Å². The molecule has 1 amide bonds. The summed E-state index contributed by atoms with van der Waals surface area (Å²) < 4.78 is 1.80. The molecular formula is C12H21N5O. The molecule has 4 N–H and O–H groups in total. The van der Waals surface area contributed by atoms with Crippen LogP contribution in [0.15, 0.2) is 12.3 Å².